The molecule has 0 rings (SSSR count). The highest BCUT2D eigenvalue weighted by molar-refractivity contribution is 7.47. The third-order valence-electron chi connectivity index (χ3n) is 14.4. The van der Waals surface area contributed by atoms with Gasteiger partial charge in [-0.05, 0) is 37.5 Å². The van der Waals surface area contributed by atoms with E-state index in [0.717, 1.165) is 115 Å². The molecule has 19 heteroatoms. The van der Waals surface area contributed by atoms with Gasteiger partial charge in [0.2, 0.25) is 0 Å². The molecule has 0 amide bonds. The fourth-order valence-corrected chi connectivity index (χ4v) is 10.3. The van der Waals surface area contributed by atoms with Gasteiger partial charge < -0.3 is 33.8 Å². The summed E-state index contributed by atoms with van der Waals surface area (Å²) >= 11 is 0. The molecule has 0 saturated carbocycles. The van der Waals surface area contributed by atoms with Crippen LogP contribution < -0.4 is 0 Å². The summed E-state index contributed by atoms with van der Waals surface area (Å²) in [4.78, 5) is 71.9. The maximum absolute atomic E-state index is 12.9. The van der Waals surface area contributed by atoms with Crippen molar-refractivity contribution in [2.24, 2.45) is 11.8 Å². The topological polar surface area (TPSA) is 237 Å². The summed E-state index contributed by atoms with van der Waals surface area (Å²) in [5, 5.41) is 10.5. The van der Waals surface area contributed by atoms with Crippen LogP contribution in [0.25, 0.3) is 0 Å². The van der Waals surface area contributed by atoms with Crippen LogP contribution in [0.4, 0.5) is 0 Å². The van der Waals surface area contributed by atoms with E-state index in [2.05, 4.69) is 41.5 Å². The Labute approximate surface area is 479 Å². The summed E-state index contributed by atoms with van der Waals surface area (Å²) in [5.74, 6) is -0.645. The number of hydrogen-bond acceptors (Lipinski definition) is 15. The monoisotopic (exact) mass is 1170 g/mol. The molecule has 0 aromatic carbocycles. The number of carbonyl (C=O) groups excluding carboxylic acids is 4. The third-order valence-corrected chi connectivity index (χ3v) is 16.3. The summed E-state index contributed by atoms with van der Waals surface area (Å²) in [5.41, 5.74) is 0. The Balaban J connectivity index is 5.24. The number of unbranched alkanes of at least 4 members (excludes halogenated alkanes) is 27. The summed E-state index contributed by atoms with van der Waals surface area (Å²) in [6.07, 6.45) is 33.5. The molecule has 0 aliphatic heterocycles. The van der Waals surface area contributed by atoms with Crippen molar-refractivity contribution in [3.8, 4) is 0 Å². The van der Waals surface area contributed by atoms with Crippen LogP contribution in [0, 0.1) is 11.8 Å². The molecule has 79 heavy (non-hydrogen) atoms. The highest BCUT2D eigenvalue weighted by Gasteiger charge is 2.30. The van der Waals surface area contributed by atoms with Crippen LogP contribution in [0.1, 0.15) is 292 Å². The first-order valence-corrected chi connectivity index (χ1v) is 34.6. The SMILES string of the molecule is CCCCCCCCCCCC(=O)O[C@H](COC(=O)CCCCCCCCCC)COP(=O)(O)OC[C@H](O)COP(=O)(O)OC[C@@H](COC(=O)CCCCCCCCC(C)CC)OC(=O)CCCCCCCCCCC(C)CC. The molecular weight excluding hydrogens is 1050 g/mol. The second kappa shape index (κ2) is 52.8. The van der Waals surface area contributed by atoms with Gasteiger partial charge in [-0.1, -0.05) is 241 Å². The van der Waals surface area contributed by atoms with Gasteiger partial charge in [-0.25, -0.2) is 9.13 Å². The van der Waals surface area contributed by atoms with E-state index in [1.807, 2.05) is 0 Å². The molecule has 0 aromatic rings. The standard InChI is InChI=1S/C60H116O17P2/c1-7-11-13-15-17-19-24-32-38-44-59(64)76-55(48-70-57(62)42-36-30-23-18-16-14-12-8-2)50-74-78(66,67)72-46-54(61)47-73-79(68,69)75-51-56(49-71-58(63)43-37-31-27-26-29-35-41-53(6)10-4)77-60(65)45-39-33-25-21-20-22-28-34-40-52(5)9-3/h52-56,61H,7-51H2,1-6H3,(H,66,67)(H,68,69)/t52?,53?,54-,55+,56+/m0/s1. The molecule has 0 spiro atoms. The number of esters is 4. The van der Waals surface area contributed by atoms with E-state index in [1.54, 1.807) is 0 Å². The maximum Gasteiger partial charge on any atom is 0.472 e. The lowest BCUT2D eigenvalue weighted by molar-refractivity contribution is -0.161. The van der Waals surface area contributed by atoms with Gasteiger partial charge in [-0.15, -0.1) is 0 Å². The average Bonchev–Trinajstić information content (AvgIpc) is 3.42. The number of carbonyl (C=O) groups is 4. The first-order chi connectivity index (χ1) is 37.9. The number of aliphatic hydroxyl groups excluding tert-OH is 1. The molecule has 0 aliphatic carbocycles. The predicted molar refractivity (Wildman–Crippen MR) is 312 cm³/mol. The molecule has 0 aliphatic rings. The van der Waals surface area contributed by atoms with E-state index < -0.39 is 97.5 Å². The minimum atomic E-state index is -4.94. The third kappa shape index (κ3) is 52.6. The van der Waals surface area contributed by atoms with Crippen molar-refractivity contribution in [3.05, 3.63) is 0 Å². The van der Waals surface area contributed by atoms with Crippen molar-refractivity contribution < 1.29 is 80.2 Å². The van der Waals surface area contributed by atoms with Crippen LogP contribution in [-0.4, -0.2) is 96.7 Å². The highest BCUT2D eigenvalue weighted by Crippen LogP contribution is 2.45. The van der Waals surface area contributed by atoms with Crippen LogP contribution >= 0.6 is 15.6 Å². The highest BCUT2D eigenvalue weighted by atomic mass is 31.2. The molecule has 4 unspecified atom stereocenters. The van der Waals surface area contributed by atoms with E-state index in [4.69, 9.17) is 37.0 Å². The average molecular weight is 1170 g/mol. The number of hydrogen-bond donors (Lipinski definition) is 3. The summed E-state index contributed by atoms with van der Waals surface area (Å²) in [6, 6.07) is 0. The van der Waals surface area contributed by atoms with Crippen LogP contribution in [0.3, 0.4) is 0 Å². The second-order valence-corrected chi connectivity index (χ2v) is 25.1. The second-order valence-electron chi connectivity index (χ2n) is 22.2. The minimum absolute atomic E-state index is 0.104. The zero-order valence-corrected chi connectivity index (χ0v) is 52.4. The van der Waals surface area contributed by atoms with Gasteiger partial charge in [-0.2, -0.15) is 0 Å². The molecular formula is C60H116O17P2. The van der Waals surface area contributed by atoms with E-state index in [0.29, 0.717) is 25.7 Å². The first-order valence-electron chi connectivity index (χ1n) is 31.6. The van der Waals surface area contributed by atoms with Gasteiger partial charge >= 0.3 is 39.5 Å². The molecule has 0 bridgehead atoms. The van der Waals surface area contributed by atoms with Crippen LogP contribution in [-0.2, 0) is 65.4 Å². The first kappa shape index (κ1) is 77.1. The summed E-state index contributed by atoms with van der Waals surface area (Å²) in [7, 11) is -9.87. The van der Waals surface area contributed by atoms with E-state index in [1.165, 1.54) is 96.3 Å². The smallest absolute Gasteiger partial charge is 0.462 e. The molecule has 0 saturated heterocycles. The van der Waals surface area contributed by atoms with E-state index in [-0.39, 0.29) is 25.7 Å². The van der Waals surface area contributed by atoms with Gasteiger partial charge in [0.25, 0.3) is 0 Å². The lowest BCUT2D eigenvalue weighted by Crippen LogP contribution is -2.30. The quantitative estimate of drug-likeness (QED) is 0.0222. The Bertz CT molecular complexity index is 1570. The number of ether oxygens (including phenoxy) is 4. The Morgan fingerprint density at radius 1 is 0.354 bits per heavy atom. The molecule has 3 N–H and O–H groups in total. The van der Waals surface area contributed by atoms with E-state index in [9.17, 15) is 43.2 Å². The molecule has 17 nitrogen and oxygen atoms in total. The molecule has 468 valence electrons. The van der Waals surface area contributed by atoms with E-state index >= 15 is 0 Å². The van der Waals surface area contributed by atoms with Crippen molar-refractivity contribution in [3.63, 3.8) is 0 Å². The van der Waals surface area contributed by atoms with Crippen molar-refractivity contribution >= 4 is 39.5 Å². The molecule has 0 aromatic heterocycles. The molecule has 0 radical (unpaired) electrons. The number of aliphatic hydroxyl groups is 1. The van der Waals surface area contributed by atoms with Gasteiger partial charge in [0.15, 0.2) is 12.2 Å². The van der Waals surface area contributed by atoms with Gasteiger partial charge in [0, 0.05) is 25.7 Å². The van der Waals surface area contributed by atoms with Crippen molar-refractivity contribution in [1.82, 2.24) is 0 Å². The lowest BCUT2D eigenvalue weighted by atomic mass is 9.99. The predicted octanol–water partition coefficient (Wildman–Crippen LogP) is 16.1. The zero-order valence-electron chi connectivity index (χ0n) is 50.7. The normalized spacial score (nSPS) is 15.1. The van der Waals surface area contributed by atoms with Gasteiger partial charge in [-0.3, -0.25) is 37.3 Å². The Kier molecular flexibility index (Phi) is 51.5. The minimum Gasteiger partial charge on any atom is -0.462 e. The Morgan fingerprint density at radius 3 is 0.899 bits per heavy atom. The Hall–Kier alpha value is -1.94. The van der Waals surface area contributed by atoms with Crippen molar-refractivity contribution in [2.75, 3.05) is 39.6 Å². The van der Waals surface area contributed by atoms with Crippen LogP contribution in [0.2, 0.25) is 0 Å². The number of rotatable bonds is 59. The molecule has 0 fully saturated rings. The lowest BCUT2D eigenvalue weighted by Gasteiger charge is -2.21. The van der Waals surface area contributed by atoms with Crippen molar-refractivity contribution in [1.29, 1.82) is 0 Å². The fourth-order valence-electron chi connectivity index (χ4n) is 8.76. The van der Waals surface area contributed by atoms with Crippen molar-refractivity contribution in [2.45, 2.75) is 310 Å². The van der Waals surface area contributed by atoms with Gasteiger partial charge in [0.05, 0.1) is 26.4 Å². The Morgan fingerprint density at radius 2 is 0.608 bits per heavy atom. The van der Waals surface area contributed by atoms with Crippen LogP contribution in [0.5, 0.6) is 0 Å². The maximum atomic E-state index is 12.9. The van der Waals surface area contributed by atoms with Crippen LogP contribution in [0.15, 0.2) is 0 Å². The number of phosphoric acid groups is 2. The fraction of sp³-hybridized carbons (Fsp3) is 0.933. The molecule has 0 heterocycles. The number of phosphoric ester groups is 2. The van der Waals surface area contributed by atoms with Gasteiger partial charge in [0.1, 0.15) is 19.3 Å². The largest absolute Gasteiger partial charge is 0.472 e. The zero-order chi connectivity index (χ0) is 58.7. The summed E-state index contributed by atoms with van der Waals surface area (Å²) in [6.45, 7) is 9.37. The summed E-state index contributed by atoms with van der Waals surface area (Å²) < 4.78 is 67.7. The molecule has 7 atom stereocenters.